The van der Waals surface area contributed by atoms with E-state index in [0.29, 0.717) is 12.5 Å². The molecule has 1 aliphatic rings. The maximum Gasteiger partial charge on any atom is 0.0616 e. The number of aliphatic hydroxyl groups is 1. The van der Waals surface area contributed by atoms with E-state index in [1.807, 2.05) is 0 Å². The first-order valence-corrected chi connectivity index (χ1v) is 7.80. The third-order valence-corrected chi connectivity index (χ3v) is 4.78. The molecule has 18 heavy (non-hydrogen) atoms. The summed E-state index contributed by atoms with van der Waals surface area (Å²) < 4.78 is 0. The molecule has 0 radical (unpaired) electrons. The Balaban J connectivity index is 2.48. The van der Waals surface area contributed by atoms with Gasteiger partial charge in [-0.3, -0.25) is 0 Å². The average molecular weight is 256 g/mol. The summed E-state index contributed by atoms with van der Waals surface area (Å²) in [4.78, 5) is 2.43. The minimum atomic E-state index is 0.000152. The second kappa shape index (κ2) is 8.13. The molecule has 0 aromatic carbocycles. The molecule has 2 N–H and O–H groups in total. The molecule has 0 saturated heterocycles. The summed E-state index contributed by atoms with van der Waals surface area (Å²) in [5.41, 5.74) is 0.000152. The summed E-state index contributed by atoms with van der Waals surface area (Å²) in [5, 5.41) is 13.5. The molecule has 1 saturated carbocycles. The largest absolute Gasteiger partial charge is 0.394 e. The van der Waals surface area contributed by atoms with Crippen LogP contribution < -0.4 is 5.32 Å². The predicted octanol–water partition coefficient (Wildman–Crippen LogP) is 2.25. The lowest BCUT2D eigenvalue weighted by atomic mass is 9.72. The molecule has 0 spiro atoms. The van der Waals surface area contributed by atoms with Gasteiger partial charge in [0, 0.05) is 18.6 Å². The van der Waals surface area contributed by atoms with Crippen molar-refractivity contribution in [2.75, 3.05) is 32.8 Å². The zero-order chi connectivity index (χ0) is 13.4. The van der Waals surface area contributed by atoms with Crippen molar-refractivity contribution in [1.29, 1.82) is 0 Å². The summed E-state index contributed by atoms with van der Waals surface area (Å²) in [6, 6.07) is 0. The molecule has 1 fully saturated rings. The second-order valence-corrected chi connectivity index (χ2v) is 5.62. The van der Waals surface area contributed by atoms with Crippen LogP contribution >= 0.6 is 0 Å². The van der Waals surface area contributed by atoms with Gasteiger partial charge in [0.05, 0.1) is 6.61 Å². The van der Waals surface area contributed by atoms with Gasteiger partial charge in [-0.1, -0.05) is 40.0 Å². The Labute approximate surface area is 113 Å². The van der Waals surface area contributed by atoms with Crippen LogP contribution in [0.4, 0.5) is 0 Å². The van der Waals surface area contributed by atoms with Gasteiger partial charge in [0.1, 0.15) is 0 Å². The fraction of sp³-hybridized carbons (Fsp3) is 1.00. The Morgan fingerprint density at radius 1 is 1.22 bits per heavy atom. The van der Waals surface area contributed by atoms with Gasteiger partial charge in [-0.25, -0.2) is 0 Å². The number of nitrogens with one attached hydrogen (secondary N) is 1. The van der Waals surface area contributed by atoms with Crippen molar-refractivity contribution in [2.45, 2.75) is 58.4 Å². The molecule has 0 bridgehead atoms. The molecular formula is C15H32N2O. The Morgan fingerprint density at radius 2 is 1.94 bits per heavy atom. The van der Waals surface area contributed by atoms with Crippen molar-refractivity contribution in [1.82, 2.24) is 10.2 Å². The monoisotopic (exact) mass is 256 g/mol. The average Bonchev–Trinajstić information content (AvgIpc) is 2.44. The molecule has 0 aromatic heterocycles. The van der Waals surface area contributed by atoms with E-state index in [1.165, 1.54) is 25.7 Å². The molecule has 1 rings (SSSR count). The van der Waals surface area contributed by atoms with Crippen molar-refractivity contribution >= 4 is 0 Å². The van der Waals surface area contributed by atoms with Crippen molar-refractivity contribution in [2.24, 2.45) is 5.92 Å². The molecule has 2 atom stereocenters. The van der Waals surface area contributed by atoms with Gasteiger partial charge >= 0.3 is 0 Å². The third kappa shape index (κ3) is 3.94. The zero-order valence-electron chi connectivity index (χ0n) is 12.5. The molecule has 0 heterocycles. The Hall–Kier alpha value is -0.120. The fourth-order valence-electron chi connectivity index (χ4n) is 3.41. The fourth-order valence-corrected chi connectivity index (χ4v) is 3.41. The number of hydrogen-bond acceptors (Lipinski definition) is 3. The van der Waals surface area contributed by atoms with Crippen LogP contribution in [0.15, 0.2) is 0 Å². The molecule has 108 valence electrons. The van der Waals surface area contributed by atoms with E-state index < -0.39 is 0 Å². The lowest BCUT2D eigenvalue weighted by molar-refractivity contribution is 0.0616. The first kappa shape index (κ1) is 15.9. The van der Waals surface area contributed by atoms with Gasteiger partial charge in [-0.15, -0.1) is 0 Å². The third-order valence-electron chi connectivity index (χ3n) is 4.78. The van der Waals surface area contributed by atoms with Gasteiger partial charge < -0.3 is 15.3 Å². The SMILES string of the molecule is CCC1CCCCC1(CO)NCCN(CC)CC. The smallest absolute Gasteiger partial charge is 0.0616 e. The Morgan fingerprint density at radius 3 is 2.50 bits per heavy atom. The second-order valence-electron chi connectivity index (χ2n) is 5.62. The number of nitrogens with zero attached hydrogens (tertiary/aromatic N) is 1. The van der Waals surface area contributed by atoms with E-state index in [2.05, 4.69) is 31.0 Å². The first-order chi connectivity index (χ1) is 8.72. The summed E-state index contributed by atoms with van der Waals surface area (Å²) >= 11 is 0. The molecule has 0 aliphatic heterocycles. The maximum absolute atomic E-state index is 9.85. The molecule has 0 amide bonds. The molecular weight excluding hydrogens is 224 g/mol. The normalized spacial score (nSPS) is 28.8. The van der Waals surface area contributed by atoms with Gasteiger partial charge in [0.2, 0.25) is 0 Å². The quantitative estimate of drug-likeness (QED) is 0.699. The number of aliphatic hydroxyl groups excluding tert-OH is 1. The molecule has 3 nitrogen and oxygen atoms in total. The standard InChI is InChI=1S/C15H32N2O/c1-4-14-9-7-8-10-15(14,13-18)16-11-12-17(5-2)6-3/h14,16,18H,4-13H2,1-3H3. The number of likely N-dealkylation sites (N-methyl/N-ethyl adjacent to an activating group) is 1. The lowest BCUT2D eigenvalue weighted by Gasteiger charge is -2.44. The van der Waals surface area contributed by atoms with E-state index in [4.69, 9.17) is 0 Å². The predicted molar refractivity (Wildman–Crippen MR) is 77.9 cm³/mol. The molecule has 1 aliphatic carbocycles. The van der Waals surface area contributed by atoms with E-state index >= 15 is 0 Å². The Bertz CT molecular complexity index is 219. The highest BCUT2D eigenvalue weighted by Gasteiger charge is 2.38. The van der Waals surface area contributed by atoms with Crippen LogP contribution in [-0.2, 0) is 0 Å². The van der Waals surface area contributed by atoms with Crippen LogP contribution in [0.1, 0.15) is 52.9 Å². The van der Waals surface area contributed by atoms with Gasteiger partial charge in [0.25, 0.3) is 0 Å². The summed E-state index contributed by atoms with van der Waals surface area (Å²) in [6.45, 7) is 11.3. The molecule has 2 unspecified atom stereocenters. The van der Waals surface area contributed by atoms with Crippen LogP contribution in [0.5, 0.6) is 0 Å². The molecule has 0 aromatic rings. The summed E-state index contributed by atoms with van der Waals surface area (Å²) in [7, 11) is 0. The molecule has 3 heteroatoms. The topological polar surface area (TPSA) is 35.5 Å². The van der Waals surface area contributed by atoms with E-state index in [1.54, 1.807) is 0 Å². The van der Waals surface area contributed by atoms with E-state index in [9.17, 15) is 5.11 Å². The van der Waals surface area contributed by atoms with Gasteiger partial charge in [-0.2, -0.15) is 0 Å². The van der Waals surface area contributed by atoms with Crippen LogP contribution in [-0.4, -0.2) is 48.3 Å². The number of hydrogen-bond donors (Lipinski definition) is 2. The zero-order valence-corrected chi connectivity index (χ0v) is 12.5. The van der Waals surface area contributed by atoms with Gasteiger partial charge in [-0.05, 0) is 31.8 Å². The van der Waals surface area contributed by atoms with Crippen molar-refractivity contribution in [3.8, 4) is 0 Å². The van der Waals surface area contributed by atoms with Gasteiger partial charge in [0.15, 0.2) is 0 Å². The van der Waals surface area contributed by atoms with Crippen molar-refractivity contribution in [3.63, 3.8) is 0 Å². The summed E-state index contributed by atoms with van der Waals surface area (Å²) in [6.07, 6.45) is 6.18. The first-order valence-electron chi connectivity index (χ1n) is 7.80. The van der Waals surface area contributed by atoms with Crippen LogP contribution in [0.2, 0.25) is 0 Å². The van der Waals surface area contributed by atoms with Crippen molar-refractivity contribution in [3.05, 3.63) is 0 Å². The van der Waals surface area contributed by atoms with E-state index in [0.717, 1.165) is 32.6 Å². The highest BCUT2D eigenvalue weighted by atomic mass is 16.3. The minimum absolute atomic E-state index is 0.000152. The van der Waals surface area contributed by atoms with Crippen LogP contribution in [0.25, 0.3) is 0 Å². The minimum Gasteiger partial charge on any atom is -0.394 e. The van der Waals surface area contributed by atoms with Crippen LogP contribution in [0, 0.1) is 5.92 Å². The number of rotatable bonds is 8. The highest BCUT2D eigenvalue weighted by molar-refractivity contribution is 4.96. The Kier molecular flexibility index (Phi) is 7.20. The van der Waals surface area contributed by atoms with Crippen LogP contribution in [0.3, 0.4) is 0 Å². The van der Waals surface area contributed by atoms with E-state index in [-0.39, 0.29) is 5.54 Å². The summed E-state index contributed by atoms with van der Waals surface area (Å²) in [5.74, 6) is 0.646. The maximum atomic E-state index is 9.85. The highest BCUT2D eigenvalue weighted by Crippen LogP contribution is 2.35. The lowest BCUT2D eigenvalue weighted by Crippen LogP contribution is -2.57. The van der Waals surface area contributed by atoms with Crippen molar-refractivity contribution < 1.29 is 5.11 Å².